The molecule has 3 atom stereocenters. The second-order valence-corrected chi connectivity index (χ2v) is 7.16. The Labute approximate surface area is 152 Å². The molecule has 1 heterocycles. The maximum absolute atomic E-state index is 12.1. The second-order valence-electron chi connectivity index (χ2n) is 6.72. The highest BCUT2D eigenvalue weighted by atomic mass is 35.5. The van der Waals surface area contributed by atoms with Crippen LogP contribution in [0.5, 0.6) is 0 Å². The van der Waals surface area contributed by atoms with E-state index in [4.69, 9.17) is 16.3 Å². The SMILES string of the molecule is COC(=O)c1ccc2c(c1C)N[C@H](c1cccc(Cl)c1)[C@@H]1CC=C[C@@H]21. The molecule has 0 radical (unpaired) electrons. The Bertz CT molecular complexity index is 874. The second kappa shape index (κ2) is 6.23. The Kier molecular flexibility index (Phi) is 4.04. The van der Waals surface area contributed by atoms with Crippen LogP contribution in [0.1, 0.15) is 45.4 Å². The molecule has 0 aromatic heterocycles. The number of halogens is 1. The fourth-order valence-electron chi connectivity index (χ4n) is 4.18. The van der Waals surface area contributed by atoms with Crippen LogP contribution in [0.2, 0.25) is 5.02 Å². The zero-order valence-corrected chi connectivity index (χ0v) is 15.0. The highest BCUT2D eigenvalue weighted by molar-refractivity contribution is 6.30. The van der Waals surface area contributed by atoms with E-state index in [9.17, 15) is 4.79 Å². The van der Waals surface area contributed by atoms with Crippen molar-refractivity contribution >= 4 is 23.3 Å². The third-order valence-corrected chi connectivity index (χ3v) is 5.65. The Morgan fingerprint density at radius 3 is 2.88 bits per heavy atom. The number of anilines is 1. The van der Waals surface area contributed by atoms with Crippen LogP contribution in [0, 0.1) is 12.8 Å². The number of methoxy groups -OCH3 is 1. The lowest BCUT2D eigenvalue weighted by Crippen LogP contribution is -2.30. The summed E-state index contributed by atoms with van der Waals surface area (Å²) >= 11 is 6.22. The summed E-state index contributed by atoms with van der Waals surface area (Å²) in [5, 5.41) is 4.44. The third-order valence-electron chi connectivity index (χ3n) is 5.41. The van der Waals surface area contributed by atoms with Crippen LogP contribution >= 0.6 is 11.6 Å². The highest BCUT2D eigenvalue weighted by Crippen LogP contribution is 2.51. The van der Waals surface area contributed by atoms with Crippen molar-refractivity contribution in [3.05, 3.63) is 75.8 Å². The Morgan fingerprint density at radius 2 is 2.12 bits per heavy atom. The summed E-state index contributed by atoms with van der Waals surface area (Å²) < 4.78 is 4.92. The predicted octanol–water partition coefficient (Wildman–Crippen LogP) is 5.26. The first-order chi connectivity index (χ1) is 12.1. The largest absolute Gasteiger partial charge is 0.465 e. The van der Waals surface area contributed by atoms with Crippen molar-refractivity contribution in [2.75, 3.05) is 12.4 Å². The zero-order valence-electron chi connectivity index (χ0n) is 14.3. The van der Waals surface area contributed by atoms with Gasteiger partial charge in [-0.15, -0.1) is 0 Å². The molecular weight excluding hydrogens is 334 g/mol. The van der Waals surface area contributed by atoms with Crippen LogP contribution in [0.3, 0.4) is 0 Å². The quantitative estimate of drug-likeness (QED) is 0.591. The molecule has 0 saturated heterocycles. The number of ether oxygens (including phenoxy) is 1. The molecular formula is C21H20ClNO2. The molecule has 2 aromatic carbocycles. The van der Waals surface area contributed by atoms with E-state index in [2.05, 4.69) is 29.6 Å². The molecule has 4 heteroatoms. The Hall–Kier alpha value is -2.26. The normalized spacial score (nSPS) is 23.6. The average Bonchev–Trinajstić information content (AvgIpc) is 3.11. The first-order valence-electron chi connectivity index (χ1n) is 8.50. The van der Waals surface area contributed by atoms with Crippen molar-refractivity contribution in [3.63, 3.8) is 0 Å². The molecule has 0 spiro atoms. The van der Waals surface area contributed by atoms with Gasteiger partial charge >= 0.3 is 5.97 Å². The maximum atomic E-state index is 12.1. The minimum Gasteiger partial charge on any atom is -0.465 e. The number of allylic oxidation sites excluding steroid dienone is 2. The number of esters is 1. The van der Waals surface area contributed by atoms with Gasteiger partial charge in [0, 0.05) is 16.6 Å². The van der Waals surface area contributed by atoms with Crippen molar-refractivity contribution in [2.24, 2.45) is 5.92 Å². The van der Waals surface area contributed by atoms with Gasteiger partial charge in [0.1, 0.15) is 0 Å². The molecule has 0 unspecified atom stereocenters. The number of benzene rings is 2. The van der Waals surface area contributed by atoms with Gasteiger partial charge in [0.2, 0.25) is 0 Å². The lowest BCUT2D eigenvalue weighted by Gasteiger charge is -2.38. The minimum atomic E-state index is -0.300. The number of fused-ring (bicyclic) bond motifs is 3. The maximum Gasteiger partial charge on any atom is 0.338 e. The number of rotatable bonds is 2. The molecule has 1 aliphatic heterocycles. The molecule has 1 aliphatic carbocycles. The van der Waals surface area contributed by atoms with E-state index in [0.29, 0.717) is 17.4 Å². The molecule has 2 aromatic rings. The van der Waals surface area contributed by atoms with E-state index < -0.39 is 0 Å². The summed E-state index contributed by atoms with van der Waals surface area (Å²) in [6.45, 7) is 1.98. The molecule has 0 bridgehead atoms. The van der Waals surface area contributed by atoms with E-state index >= 15 is 0 Å². The van der Waals surface area contributed by atoms with E-state index in [1.165, 1.54) is 18.2 Å². The summed E-state index contributed by atoms with van der Waals surface area (Å²) in [5.74, 6) is 0.505. The van der Waals surface area contributed by atoms with Gasteiger partial charge in [-0.2, -0.15) is 0 Å². The summed E-state index contributed by atoms with van der Waals surface area (Å²) in [7, 11) is 1.42. The fraction of sp³-hybridized carbons (Fsp3) is 0.286. The lowest BCUT2D eigenvalue weighted by atomic mass is 9.76. The van der Waals surface area contributed by atoms with Crippen molar-refractivity contribution in [1.82, 2.24) is 0 Å². The third kappa shape index (κ3) is 2.63. The van der Waals surface area contributed by atoms with Gasteiger partial charge in [0.15, 0.2) is 0 Å². The van der Waals surface area contributed by atoms with Gasteiger partial charge in [-0.1, -0.05) is 42.0 Å². The first-order valence-corrected chi connectivity index (χ1v) is 8.88. The lowest BCUT2D eigenvalue weighted by molar-refractivity contribution is 0.0600. The van der Waals surface area contributed by atoms with Crippen LogP contribution in [0.15, 0.2) is 48.6 Å². The smallest absolute Gasteiger partial charge is 0.338 e. The summed E-state index contributed by atoms with van der Waals surface area (Å²) in [4.78, 5) is 12.1. The molecule has 0 amide bonds. The molecule has 3 nitrogen and oxygen atoms in total. The number of carbonyl (C=O) groups is 1. The molecule has 0 fully saturated rings. The minimum absolute atomic E-state index is 0.165. The van der Waals surface area contributed by atoms with E-state index in [0.717, 1.165) is 22.7 Å². The van der Waals surface area contributed by atoms with E-state index in [1.807, 2.05) is 31.2 Å². The number of nitrogens with one attached hydrogen (secondary N) is 1. The van der Waals surface area contributed by atoms with Crippen molar-refractivity contribution in [2.45, 2.75) is 25.3 Å². The Balaban J connectivity index is 1.83. The van der Waals surface area contributed by atoms with Gasteiger partial charge < -0.3 is 10.1 Å². The fourth-order valence-corrected chi connectivity index (χ4v) is 4.37. The Morgan fingerprint density at radius 1 is 1.28 bits per heavy atom. The predicted molar refractivity (Wildman–Crippen MR) is 100 cm³/mol. The van der Waals surface area contributed by atoms with E-state index in [-0.39, 0.29) is 12.0 Å². The zero-order chi connectivity index (χ0) is 17.6. The summed E-state index contributed by atoms with van der Waals surface area (Å²) in [5.41, 5.74) is 5.02. The average molecular weight is 354 g/mol. The number of hydrogen-bond donors (Lipinski definition) is 1. The van der Waals surface area contributed by atoms with Gasteiger partial charge in [-0.05, 0) is 54.2 Å². The summed E-state index contributed by atoms with van der Waals surface area (Å²) in [6.07, 6.45) is 5.58. The van der Waals surface area contributed by atoms with Crippen LogP contribution in [-0.4, -0.2) is 13.1 Å². The van der Waals surface area contributed by atoms with Gasteiger partial charge in [-0.25, -0.2) is 4.79 Å². The van der Waals surface area contributed by atoms with Crippen molar-refractivity contribution < 1.29 is 9.53 Å². The number of carbonyl (C=O) groups excluding carboxylic acids is 1. The first kappa shape index (κ1) is 16.2. The van der Waals surface area contributed by atoms with Crippen LogP contribution < -0.4 is 5.32 Å². The summed E-state index contributed by atoms with van der Waals surface area (Å²) in [6, 6.07) is 12.1. The van der Waals surface area contributed by atoms with Gasteiger partial charge in [0.25, 0.3) is 0 Å². The monoisotopic (exact) mass is 353 g/mol. The van der Waals surface area contributed by atoms with Gasteiger partial charge in [0.05, 0.1) is 18.7 Å². The van der Waals surface area contributed by atoms with Crippen LogP contribution in [0.25, 0.3) is 0 Å². The highest BCUT2D eigenvalue weighted by Gasteiger charge is 2.39. The van der Waals surface area contributed by atoms with Gasteiger partial charge in [-0.3, -0.25) is 0 Å². The molecule has 0 saturated carbocycles. The standard InChI is InChI=1S/C21H20ClNO2/c1-12-15(21(24)25-2)9-10-18-16-7-4-8-17(16)20(23-19(12)18)13-5-3-6-14(22)11-13/h3-7,9-11,16-17,20,23H,8H2,1-2H3/t16-,17-,20-/m1/s1. The molecule has 25 heavy (non-hydrogen) atoms. The van der Waals surface area contributed by atoms with Crippen molar-refractivity contribution in [3.8, 4) is 0 Å². The molecule has 128 valence electrons. The molecule has 2 aliphatic rings. The molecule has 4 rings (SSSR count). The molecule has 1 N–H and O–H groups in total. The van der Waals surface area contributed by atoms with Crippen LogP contribution in [-0.2, 0) is 4.74 Å². The van der Waals surface area contributed by atoms with Crippen molar-refractivity contribution in [1.29, 1.82) is 0 Å². The topological polar surface area (TPSA) is 38.3 Å². The van der Waals surface area contributed by atoms with Crippen LogP contribution in [0.4, 0.5) is 5.69 Å². The van der Waals surface area contributed by atoms with E-state index in [1.54, 1.807) is 0 Å². The number of hydrogen-bond acceptors (Lipinski definition) is 3.